The first-order valence-electron chi connectivity index (χ1n) is 5.62. The monoisotopic (exact) mass is 231 g/mol. The van der Waals surface area contributed by atoms with Crippen LogP contribution in [0.15, 0.2) is 0 Å². The van der Waals surface area contributed by atoms with Crippen molar-refractivity contribution < 1.29 is 19.4 Å². The van der Waals surface area contributed by atoms with Crippen LogP contribution in [0.1, 0.15) is 33.6 Å². The van der Waals surface area contributed by atoms with Gasteiger partial charge in [0.25, 0.3) is 0 Å². The molecule has 1 saturated heterocycles. The molecule has 0 aromatic rings. The van der Waals surface area contributed by atoms with E-state index < -0.39 is 11.7 Å². The summed E-state index contributed by atoms with van der Waals surface area (Å²) in [5.74, 6) is 0. The Morgan fingerprint density at radius 2 is 2.19 bits per heavy atom. The topological polar surface area (TPSA) is 67.8 Å². The molecule has 0 saturated carbocycles. The number of hydrogen-bond acceptors (Lipinski definition) is 4. The number of carbonyl (C=O) groups is 1. The Balaban J connectivity index is 2.26. The lowest BCUT2D eigenvalue weighted by Gasteiger charge is -2.29. The fourth-order valence-electron chi connectivity index (χ4n) is 1.54. The zero-order chi connectivity index (χ0) is 12.2. The van der Waals surface area contributed by atoms with Crippen LogP contribution in [0.4, 0.5) is 4.79 Å². The molecule has 16 heavy (non-hydrogen) atoms. The largest absolute Gasteiger partial charge is 0.444 e. The van der Waals surface area contributed by atoms with Crippen LogP contribution in [0.5, 0.6) is 0 Å². The molecule has 0 aromatic heterocycles. The lowest BCUT2D eigenvalue weighted by atomic mass is 10.1. The molecule has 0 aromatic carbocycles. The summed E-state index contributed by atoms with van der Waals surface area (Å²) >= 11 is 0. The minimum Gasteiger partial charge on any atom is -0.444 e. The minimum atomic E-state index is -0.479. The Kier molecular flexibility index (Phi) is 4.56. The average Bonchev–Trinajstić information content (AvgIpc) is 2.16. The van der Waals surface area contributed by atoms with Crippen LogP contribution >= 0.6 is 0 Å². The van der Waals surface area contributed by atoms with Gasteiger partial charge in [0.15, 0.2) is 0 Å². The third-order valence-electron chi connectivity index (χ3n) is 2.29. The van der Waals surface area contributed by atoms with E-state index in [0.717, 1.165) is 12.8 Å². The van der Waals surface area contributed by atoms with Crippen LogP contribution in [0.2, 0.25) is 0 Å². The summed E-state index contributed by atoms with van der Waals surface area (Å²) < 4.78 is 10.5. The molecule has 1 aliphatic heterocycles. The first-order valence-corrected chi connectivity index (χ1v) is 5.62. The van der Waals surface area contributed by atoms with Crippen molar-refractivity contribution in [3.63, 3.8) is 0 Å². The maximum atomic E-state index is 11.4. The first-order chi connectivity index (χ1) is 7.40. The van der Waals surface area contributed by atoms with Crippen molar-refractivity contribution in [3.8, 4) is 0 Å². The molecule has 0 bridgehead atoms. The van der Waals surface area contributed by atoms with Crippen LogP contribution in [-0.2, 0) is 9.47 Å². The van der Waals surface area contributed by atoms with Crippen molar-refractivity contribution >= 4 is 6.09 Å². The molecule has 5 nitrogen and oxygen atoms in total. The van der Waals surface area contributed by atoms with E-state index >= 15 is 0 Å². The van der Waals surface area contributed by atoms with Gasteiger partial charge in [0, 0.05) is 0 Å². The van der Waals surface area contributed by atoms with Crippen LogP contribution in [0.3, 0.4) is 0 Å². The molecule has 0 spiro atoms. The number of alkyl carbamates (subject to hydrolysis) is 1. The van der Waals surface area contributed by atoms with E-state index in [1.54, 1.807) is 0 Å². The fraction of sp³-hybridized carbons (Fsp3) is 0.909. The molecule has 1 fully saturated rings. The van der Waals surface area contributed by atoms with Crippen molar-refractivity contribution in [2.24, 2.45) is 0 Å². The average molecular weight is 231 g/mol. The van der Waals surface area contributed by atoms with Gasteiger partial charge in [-0.05, 0) is 33.6 Å². The maximum Gasteiger partial charge on any atom is 0.407 e. The van der Waals surface area contributed by atoms with Gasteiger partial charge >= 0.3 is 6.09 Å². The molecule has 1 amide bonds. The van der Waals surface area contributed by atoms with Crippen LogP contribution < -0.4 is 5.32 Å². The van der Waals surface area contributed by atoms with Crippen LogP contribution in [0.25, 0.3) is 0 Å². The van der Waals surface area contributed by atoms with Gasteiger partial charge < -0.3 is 19.9 Å². The molecule has 94 valence electrons. The standard InChI is InChI=1S/C11H21NO4/c1-11(2,3)16-10(14)12-8-4-5-9(6-13)15-7-8/h8-9,13H,4-7H2,1-3H3,(H,12,14). The summed E-state index contributed by atoms with van der Waals surface area (Å²) in [6.07, 6.45) is 1.07. The lowest BCUT2D eigenvalue weighted by Crippen LogP contribution is -2.45. The molecule has 0 radical (unpaired) electrons. The zero-order valence-corrected chi connectivity index (χ0v) is 10.2. The highest BCUT2D eigenvalue weighted by Crippen LogP contribution is 2.14. The van der Waals surface area contributed by atoms with E-state index in [1.807, 2.05) is 20.8 Å². The van der Waals surface area contributed by atoms with Gasteiger partial charge in [-0.25, -0.2) is 4.79 Å². The number of carbonyl (C=O) groups excluding carboxylic acids is 1. The lowest BCUT2D eigenvalue weighted by molar-refractivity contribution is -0.0336. The summed E-state index contributed by atoms with van der Waals surface area (Å²) in [5.41, 5.74) is -0.479. The van der Waals surface area contributed by atoms with Crippen molar-refractivity contribution in [2.75, 3.05) is 13.2 Å². The van der Waals surface area contributed by atoms with Crippen LogP contribution in [0, 0.1) is 0 Å². The number of aliphatic hydroxyl groups excluding tert-OH is 1. The number of aliphatic hydroxyl groups is 1. The fourth-order valence-corrected chi connectivity index (χ4v) is 1.54. The zero-order valence-electron chi connectivity index (χ0n) is 10.2. The summed E-state index contributed by atoms with van der Waals surface area (Å²) in [6.45, 7) is 5.95. The second kappa shape index (κ2) is 5.50. The SMILES string of the molecule is CC(C)(C)OC(=O)NC1CCC(CO)OC1. The summed E-state index contributed by atoms with van der Waals surface area (Å²) in [4.78, 5) is 11.4. The molecule has 5 heteroatoms. The third kappa shape index (κ3) is 4.81. The van der Waals surface area contributed by atoms with Crippen molar-refractivity contribution in [3.05, 3.63) is 0 Å². The van der Waals surface area contributed by atoms with E-state index in [-0.39, 0.29) is 18.8 Å². The molecule has 2 N–H and O–H groups in total. The van der Waals surface area contributed by atoms with Crippen LogP contribution in [-0.4, -0.2) is 42.2 Å². The highest BCUT2D eigenvalue weighted by atomic mass is 16.6. The first kappa shape index (κ1) is 13.3. The Morgan fingerprint density at radius 3 is 2.62 bits per heavy atom. The van der Waals surface area contributed by atoms with Gasteiger partial charge in [0.1, 0.15) is 5.60 Å². The van der Waals surface area contributed by atoms with Gasteiger partial charge in [0.2, 0.25) is 0 Å². The number of amides is 1. The predicted octanol–water partition coefficient (Wildman–Crippen LogP) is 1.05. The predicted molar refractivity (Wildman–Crippen MR) is 59.2 cm³/mol. The highest BCUT2D eigenvalue weighted by molar-refractivity contribution is 5.68. The number of nitrogens with one attached hydrogen (secondary N) is 1. The molecule has 0 aliphatic carbocycles. The quantitative estimate of drug-likeness (QED) is 0.745. The van der Waals surface area contributed by atoms with E-state index in [2.05, 4.69) is 5.32 Å². The van der Waals surface area contributed by atoms with Gasteiger partial charge in [0.05, 0.1) is 25.4 Å². The second-order valence-corrected chi connectivity index (χ2v) is 5.06. The van der Waals surface area contributed by atoms with Crippen molar-refractivity contribution in [1.82, 2.24) is 5.32 Å². The Hall–Kier alpha value is -0.810. The third-order valence-corrected chi connectivity index (χ3v) is 2.29. The Bertz CT molecular complexity index is 229. The number of hydrogen-bond donors (Lipinski definition) is 2. The number of ether oxygens (including phenoxy) is 2. The summed E-state index contributed by atoms with van der Waals surface area (Å²) in [5, 5.41) is 11.6. The molecule has 1 heterocycles. The molecule has 2 unspecified atom stereocenters. The van der Waals surface area contributed by atoms with Gasteiger partial charge in [-0.1, -0.05) is 0 Å². The minimum absolute atomic E-state index is 0.0161. The molecular formula is C11H21NO4. The Labute approximate surface area is 96.1 Å². The molecule has 1 aliphatic rings. The summed E-state index contributed by atoms with van der Waals surface area (Å²) in [7, 11) is 0. The Morgan fingerprint density at radius 1 is 1.50 bits per heavy atom. The van der Waals surface area contributed by atoms with Crippen molar-refractivity contribution in [1.29, 1.82) is 0 Å². The molecule has 2 atom stereocenters. The van der Waals surface area contributed by atoms with E-state index in [1.165, 1.54) is 0 Å². The smallest absolute Gasteiger partial charge is 0.407 e. The van der Waals surface area contributed by atoms with E-state index in [9.17, 15) is 4.79 Å². The highest BCUT2D eigenvalue weighted by Gasteiger charge is 2.24. The van der Waals surface area contributed by atoms with E-state index in [0.29, 0.717) is 6.61 Å². The number of rotatable bonds is 2. The molecular weight excluding hydrogens is 210 g/mol. The second-order valence-electron chi connectivity index (χ2n) is 5.06. The van der Waals surface area contributed by atoms with Gasteiger partial charge in [-0.15, -0.1) is 0 Å². The normalized spacial score (nSPS) is 26.2. The van der Waals surface area contributed by atoms with Crippen molar-refractivity contribution in [2.45, 2.75) is 51.4 Å². The molecule has 1 rings (SSSR count). The maximum absolute atomic E-state index is 11.4. The summed E-state index contributed by atoms with van der Waals surface area (Å²) in [6, 6.07) is -0.0161. The van der Waals surface area contributed by atoms with Gasteiger partial charge in [-0.2, -0.15) is 0 Å². The van der Waals surface area contributed by atoms with E-state index in [4.69, 9.17) is 14.6 Å². The van der Waals surface area contributed by atoms with Gasteiger partial charge in [-0.3, -0.25) is 0 Å².